The number of amides is 2. The van der Waals surface area contributed by atoms with Gasteiger partial charge in [-0.15, -0.1) is 11.3 Å². The summed E-state index contributed by atoms with van der Waals surface area (Å²) in [7, 11) is 1.74. The Balaban J connectivity index is 1.65. The average Bonchev–Trinajstić information content (AvgIpc) is 3.19. The fourth-order valence-corrected chi connectivity index (χ4v) is 4.11. The molecule has 0 aliphatic carbocycles. The lowest BCUT2D eigenvalue weighted by atomic mass is 10.0. The smallest absolute Gasteiger partial charge is 0.408 e. The Labute approximate surface area is 180 Å². The third kappa shape index (κ3) is 5.16. The van der Waals surface area contributed by atoms with E-state index >= 15 is 0 Å². The van der Waals surface area contributed by atoms with Crippen molar-refractivity contribution in [3.63, 3.8) is 0 Å². The quantitative estimate of drug-likeness (QED) is 0.592. The van der Waals surface area contributed by atoms with Gasteiger partial charge in [-0.1, -0.05) is 56.3 Å². The molecule has 2 aromatic carbocycles. The van der Waals surface area contributed by atoms with Crippen molar-refractivity contribution < 1.29 is 14.3 Å². The number of para-hydroxylation sites is 1. The van der Waals surface area contributed by atoms with E-state index in [1.165, 1.54) is 0 Å². The van der Waals surface area contributed by atoms with Crippen molar-refractivity contribution in [2.75, 3.05) is 7.05 Å². The van der Waals surface area contributed by atoms with Crippen LogP contribution in [0, 0.1) is 5.92 Å². The SMILES string of the molecule is CC(C)[C@H](NC(=O)OCc1ccccc1)C(=O)N(C)[C@H](C)c1nc2ccccc2s1. The van der Waals surface area contributed by atoms with Crippen LogP contribution in [0.1, 0.15) is 37.4 Å². The van der Waals surface area contributed by atoms with Gasteiger partial charge < -0.3 is 15.0 Å². The summed E-state index contributed by atoms with van der Waals surface area (Å²) in [6.07, 6.45) is -0.605. The highest BCUT2D eigenvalue weighted by Crippen LogP contribution is 2.29. The van der Waals surface area contributed by atoms with Gasteiger partial charge in [0.2, 0.25) is 5.91 Å². The number of carbonyl (C=O) groups is 2. The van der Waals surface area contributed by atoms with Crippen molar-refractivity contribution in [3.05, 3.63) is 65.2 Å². The van der Waals surface area contributed by atoms with E-state index in [0.717, 1.165) is 20.8 Å². The third-order valence-electron chi connectivity index (χ3n) is 5.02. The molecule has 7 heteroatoms. The number of hydrogen-bond donors (Lipinski definition) is 1. The molecule has 0 saturated heterocycles. The van der Waals surface area contributed by atoms with Gasteiger partial charge in [0.15, 0.2) is 0 Å². The fraction of sp³-hybridized carbons (Fsp3) is 0.348. The molecule has 0 saturated carbocycles. The highest BCUT2D eigenvalue weighted by atomic mass is 32.1. The molecule has 0 radical (unpaired) electrons. The number of rotatable bonds is 7. The first-order valence-electron chi connectivity index (χ1n) is 9.96. The maximum absolute atomic E-state index is 13.2. The van der Waals surface area contributed by atoms with E-state index in [1.54, 1.807) is 23.3 Å². The number of benzene rings is 2. The van der Waals surface area contributed by atoms with Gasteiger partial charge in [0.05, 0.1) is 16.3 Å². The van der Waals surface area contributed by atoms with Gasteiger partial charge in [-0.05, 0) is 30.5 Å². The van der Waals surface area contributed by atoms with E-state index in [9.17, 15) is 9.59 Å². The minimum atomic E-state index is -0.685. The maximum Gasteiger partial charge on any atom is 0.408 e. The highest BCUT2D eigenvalue weighted by Gasteiger charge is 2.31. The molecule has 2 atom stereocenters. The van der Waals surface area contributed by atoms with Gasteiger partial charge in [-0.2, -0.15) is 0 Å². The van der Waals surface area contributed by atoms with Crippen LogP contribution in [0.3, 0.4) is 0 Å². The Morgan fingerprint density at radius 2 is 1.73 bits per heavy atom. The Hall–Kier alpha value is -2.93. The summed E-state index contributed by atoms with van der Waals surface area (Å²) >= 11 is 1.57. The van der Waals surface area contributed by atoms with Crippen molar-refractivity contribution >= 4 is 33.6 Å². The third-order valence-corrected chi connectivity index (χ3v) is 6.22. The van der Waals surface area contributed by atoms with Crippen LogP contribution in [0.25, 0.3) is 10.2 Å². The topological polar surface area (TPSA) is 71.5 Å². The van der Waals surface area contributed by atoms with Gasteiger partial charge in [0.1, 0.15) is 17.7 Å². The Kier molecular flexibility index (Phi) is 7.05. The second kappa shape index (κ2) is 9.71. The molecule has 0 spiro atoms. The molecule has 1 aromatic heterocycles. The monoisotopic (exact) mass is 425 g/mol. The van der Waals surface area contributed by atoms with Crippen molar-refractivity contribution in [1.29, 1.82) is 0 Å². The lowest BCUT2D eigenvalue weighted by Crippen LogP contribution is -2.50. The van der Waals surface area contributed by atoms with Crippen LogP contribution in [0.5, 0.6) is 0 Å². The number of nitrogens with one attached hydrogen (secondary N) is 1. The number of fused-ring (bicyclic) bond motifs is 1. The number of ether oxygens (including phenoxy) is 1. The molecule has 1 heterocycles. The van der Waals surface area contributed by atoms with Crippen LogP contribution in [0.15, 0.2) is 54.6 Å². The summed E-state index contributed by atoms with van der Waals surface area (Å²) in [5, 5.41) is 3.59. The zero-order valence-corrected chi connectivity index (χ0v) is 18.5. The van der Waals surface area contributed by atoms with Crippen LogP contribution in [0.4, 0.5) is 4.79 Å². The van der Waals surface area contributed by atoms with E-state index in [4.69, 9.17) is 4.74 Å². The predicted octanol–water partition coefficient (Wildman–Crippen LogP) is 4.77. The van der Waals surface area contributed by atoms with Crippen LogP contribution in [-0.2, 0) is 16.1 Å². The van der Waals surface area contributed by atoms with E-state index in [2.05, 4.69) is 10.3 Å². The minimum absolute atomic E-state index is 0.0909. The molecule has 0 bridgehead atoms. The molecular formula is C23H27N3O3S. The zero-order chi connectivity index (χ0) is 21.7. The first kappa shape index (κ1) is 21.8. The molecule has 2 amide bonds. The number of carbonyl (C=O) groups excluding carboxylic acids is 2. The number of thiazole rings is 1. The first-order chi connectivity index (χ1) is 14.4. The molecular weight excluding hydrogens is 398 g/mol. The Morgan fingerprint density at radius 3 is 2.40 bits per heavy atom. The van der Waals surface area contributed by atoms with E-state index in [-0.39, 0.29) is 24.5 Å². The molecule has 0 fully saturated rings. The molecule has 1 N–H and O–H groups in total. The summed E-state index contributed by atoms with van der Waals surface area (Å²) in [5.74, 6) is -0.264. The first-order valence-corrected chi connectivity index (χ1v) is 10.8. The second-order valence-corrected chi connectivity index (χ2v) is 8.63. The lowest BCUT2D eigenvalue weighted by molar-refractivity contribution is -0.135. The van der Waals surface area contributed by atoms with Crippen molar-refractivity contribution in [2.45, 2.75) is 39.5 Å². The number of alkyl carbamates (subject to hydrolysis) is 1. The number of aromatic nitrogens is 1. The normalized spacial score (nSPS) is 13.1. The average molecular weight is 426 g/mol. The summed E-state index contributed by atoms with van der Waals surface area (Å²) < 4.78 is 6.38. The van der Waals surface area contributed by atoms with Gasteiger partial charge in [-0.25, -0.2) is 9.78 Å². The number of nitrogens with zero attached hydrogens (tertiary/aromatic N) is 2. The molecule has 0 aliphatic rings. The minimum Gasteiger partial charge on any atom is -0.445 e. The van der Waals surface area contributed by atoms with Gasteiger partial charge in [-0.3, -0.25) is 4.79 Å². The number of hydrogen-bond acceptors (Lipinski definition) is 5. The zero-order valence-electron chi connectivity index (χ0n) is 17.7. The van der Waals surface area contributed by atoms with Crippen molar-refractivity contribution in [3.8, 4) is 0 Å². The summed E-state index contributed by atoms with van der Waals surface area (Å²) in [6, 6.07) is 16.4. The highest BCUT2D eigenvalue weighted by molar-refractivity contribution is 7.18. The predicted molar refractivity (Wildman–Crippen MR) is 119 cm³/mol. The van der Waals surface area contributed by atoms with Crippen molar-refractivity contribution in [2.24, 2.45) is 5.92 Å². The lowest BCUT2D eigenvalue weighted by Gasteiger charge is -2.30. The Morgan fingerprint density at radius 1 is 1.07 bits per heavy atom. The van der Waals surface area contributed by atoms with Crippen LogP contribution in [-0.4, -0.2) is 35.0 Å². The van der Waals surface area contributed by atoms with Crippen LogP contribution < -0.4 is 5.32 Å². The maximum atomic E-state index is 13.2. The standard InChI is InChI=1S/C23H27N3O3S/c1-15(2)20(25-23(28)29-14-17-10-6-5-7-11-17)22(27)26(4)16(3)21-24-18-12-8-9-13-19(18)30-21/h5-13,15-16,20H,14H2,1-4H3,(H,25,28)/t16-,20+/m1/s1. The number of likely N-dealkylation sites (N-methyl/N-ethyl adjacent to an activating group) is 1. The molecule has 0 unspecified atom stereocenters. The molecule has 30 heavy (non-hydrogen) atoms. The summed E-state index contributed by atoms with van der Waals surface area (Å²) in [6.45, 7) is 5.90. The van der Waals surface area contributed by atoms with Crippen LogP contribution >= 0.6 is 11.3 Å². The molecule has 6 nitrogen and oxygen atoms in total. The molecule has 3 rings (SSSR count). The molecule has 0 aliphatic heterocycles. The summed E-state index contributed by atoms with van der Waals surface area (Å²) in [5.41, 5.74) is 1.81. The summed E-state index contributed by atoms with van der Waals surface area (Å²) in [4.78, 5) is 31.8. The Bertz CT molecular complexity index is 970. The van der Waals surface area contributed by atoms with E-state index in [0.29, 0.717) is 0 Å². The van der Waals surface area contributed by atoms with E-state index in [1.807, 2.05) is 75.4 Å². The van der Waals surface area contributed by atoms with Crippen molar-refractivity contribution in [1.82, 2.24) is 15.2 Å². The van der Waals surface area contributed by atoms with E-state index < -0.39 is 12.1 Å². The largest absolute Gasteiger partial charge is 0.445 e. The van der Waals surface area contributed by atoms with Gasteiger partial charge >= 0.3 is 6.09 Å². The molecule has 158 valence electrons. The van der Waals surface area contributed by atoms with Gasteiger partial charge in [0, 0.05) is 7.05 Å². The fourth-order valence-electron chi connectivity index (χ4n) is 3.05. The van der Waals surface area contributed by atoms with Crippen LogP contribution in [0.2, 0.25) is 0 Å². The molecule has 3 aromatic rings. The second-order valence-electron chi connectivity index (χ2n) is 7.57. The van der Waals surface area contributed by atoms with Gasteiger partial charge in [0.25, 0.3) is 0 Å².